The molecule has 0 aromatic heterocycles. The lowest BCUT2D eigenvalue weighted by atomic mass is 9.99. The highest BCUT2D eigenvalue weighted by Crippen LogP contribution is 2.16. The van der Waals surface area contributed by atoms with E-state index in [1.54, 1.807) is 0 Å². The molecule has 0 bridgehead atoms. The standard InChI is InChI=1S/C17H28N2S/c1-5-7-8-15(6-2)12-18-17(20)19-16-10-9-13(3)11-14(16)4/h9-11,15H,5-8,12H2,1-4H3,(H2,18,19,20). The van der Waals surface area contributed by atoms with Crippen molar-refractivity contribution in [3.8, 4) is 0 Å². The van der Waals surface area contributed by atoms with Gasteiger partial charge in [0.1, 0.15) is 0 Å². The third-order valence-electron chi connectivity index (χ3n) is 3.72. The zero-order valence-electron chi connectivity index (χ0n) is 13.3. The third kappa shape index (κ3) is 5.91. The summed E-state index contributed by atoms with van der Waals surface area (Å²) in [5, 5.41) is 7.38. The van der Waals surface area contributed by atoms with E-state index in [4.69, 9.17) is 12.2 Å². The third-order valence-corrected chi connectivity index (χ3v) is 3.97. The van der Waals surface area contributed by atoms with Gasteiger partial charge in [0.15, 0.2) is 5.11 Å². The van der Waals surface area contributed by atoms with Crippen LogP contribution in [-0.2, 0) is 0 Å². The van der Waals surface area contributed by atoms with Crippen LogP contribution in [0.2, 0.25) is 0 Å². The largest absolute Gasteiger partial charge is 0.362 e. The molecule has 1 rings (SSSR count). The Morgan fingerprint density at radius 2 is 2.00 bits per heavy atom. The van der Waals surface area contributed by atoms with Gasteiger partial charge in [0, 0.05) is 12.2 Å². The van der Waals surface area contributed by atoms with Crippen molar-refractivity contribution in [2.75, 3.05) is 11.9 Å². The molecule has 0 saturated heterocycles. The highest BCUT2D eigenvalue weighted by Gasteiger charge is 2.07. The minimum atomic E-state index is 0.716. The smallest absolute Gasteiger partial charge is 0.170 e. The molecule has 0 saturated carbocycles. The Morgan fingerprint density at radius 1 is 1.25 bits per heavy atom. The summed E-state index contributed by atoms with van der Waals surface area (Å²) in [6, 6.07) is 6.36. The summed E-state index contributed by atoms with van der Waals surface area (Å²) in [6.45, 7) is 9.67. The fourth-order valence-electron chi connectivity index (χ4n) is 2.30. The van der Waals surface area contributed by atoms with Gasteiger partial charge in [-0.05, 0) is 50.0 Å². The average molecular weight is 292 g/mol. The number of nitrogens with one attached hydrogen (secondary N) is 2. The second-order valence-corrected chi connectivity index (χ2v) is 5.98. The monoisotopic (exact) mass is 292 g/mol. The highest BCUT2D eigenvalue weighted by molar-refractivity contribution is 7.80. The first-order valence-electron chi connectivity index (χ1n) is 7.68. The van der Waals surface area contributed by atoms with Crippen LogP contribution in [0.15, 0.2) is 18.2 Å². The Hall–Kier alpha value is -1.09. The molecule has 2 N–H and O–H groups in total. The van der Waals surface area contributed by atoms with Gasteiger partial charge in [0.05, 0.1) is 0 Å². The number of thiocarbonyl (C=S) groups is 1. The number of hydrogen-bond donors (Lipinski definition) is 2. The van der Waals surface area contributed by atoms with E-state index < -0.39 is 0 Å². The van der Waals surface area contributed by atoms with Crippen LogP contribution in [0.5, 0.6) is 0 Å². The Kier molecular flexibility index (Phi) is 7.60. The fraction of sp³-hybridized carbons (Fsp3) is 0.588. The van der Waals surface area contributed by atoms with Crippen LogP contribution in [0, 0.1) is 19.8 Å². The van der Waals surface area contributed by atoms with Crippen molar-refractivity contribution in [3.63, 3.8) is 0 Å². The van der Waals surface area contributed by atoms with Crippen LogP contribution in [0.4, 0.5) is 5.69 Å². The van der Waals surface area contributed by atoms with Gasteiger partial charge in [-0.2, -0.15) is 0 Å². The van der Waals surface area contributed by atoms with Gasteiger partial charge in [-0.1, -0.05) is 50.8 Å². The SMILES string of the molecule is CCCCC(CC)CNC(=S)Nc1ccc(C)cc1C. The summed E-state index contributed by atoms with van der Waals surface area (Å²) in [5.41, 5.74) is 3.60. The number of rotatable bonds is 7. The van der Waals surface area contributed by atoms with Gasteiger partial charge in [-0.25, -0.2) is 0 Å². The second-order valence-electron chi connectivity index (χ2n) is 5.57. The summed E-state index contributed by atoms with van der Waals surface area (Å²) in [5.74, 6) is 0.716. The first-order valence-corrected chi connectivity index (χ1v) is 8.09. The fourth-order valence-corrected chi connectivity index (χ4v) is 2.49. The minimum absolute atomic E-state index is 0.716. The number of aryl methyl sites for hydroxylation is 2. The molecule has 20 heavy (non-hydrogen) atoms. The number of benzene rings is 1. The molecule has 0 aliphatic heterocycles. The van der Waals surface area contributed by atoms with Crippen LogP contribution in [0.3, 0.4) is 0 Å². The lowest BCUT2D eigenvalue weighted by Crippen LogP contribution is -2.33. The van der Waals surface area contributed by atoms with Crippen LogP contribution in [-0.4, -0.2) is 11.7 Å². The van der Waals surface area contributed by atoms with Gasteiger partial charge < -0.3 is 10.6 Å². The molecule has 112 valence electrons. The van der Waals surface area contributed by atoms with Crippen molar-refractivity contribution in [3.05, 3.63) is 29.3 Å². The van der Waals surface area contributed by atoms with Crippen molar-refractivity contribution in [1.82, 2.24) is 5.32 Å². The summed E-state index contributed by atoms with van der Waals surface area (Å²) in [6.07, 6.45) is 5.06. The lowest BCUT2D eigenvalue weighted by molar-refractivity contribution is 0.446. The topological polar surface area (TPSA) is 24.1 Å². The summed E-state index contributed by atoms with van der Waals surface area (Å²) in [4.78, 5) is 0. The zero-order chi connectivity index (χ0) is 15.0. The van der Waals surface area contributed by atoms with Crippen LogP contribution in [0.1, 0.15) is 50.7 Å². The van der Waals surface area contributed by atoms with E-state index in [1.165, 1.54) is 36.8 Å². The molecule has 0 amide bonds. The Labute approximate surface area is 129 Å². The quantitative estimate of drug-likeness (QED) is 0.705. The summed E-state index contributed by atoms with van der Waals surface area (Å²) in [7, 11) is 0. The Morgan fingerprint density at radius 3 is 2.60 bits per heavy atom. The summed E-state index contributed by atoms with van der Waals surface area (Å²) < 4.78 is 0. The van der Waals surface area contributed by atoms with E-state index in [1.807, 2.05) is 0 Å². The highest BCUT2D eigenvalue weighted by atomic mass is 32.1. The molecule has 3 heteroatoms. The maximum atomic E-state index is 5.39. The predicted octanol–water partition coefficient (Wildman–Crippen LogP) is 4.81. The molecule has 2 nitrogen and oxygen atoms in total. The second kappa shape index (κ2) is 8.96. The van der Waals surface area contributed by atoms with Crippen LogP contribution in [0.25, 0.3) is 0 Å². The van der Waals surface area contributed by atoms with E-state index in [9.17, 15) is 0 Å². The maximum Gasteiger partial charge on any atom is 0.170 e. The molecular weight excluding hydrogens is 264 g/mol. The van der Waals surface area contributed by atoms with E-state index in [0.717, 1.165) is 17.3 Å². The van der Waals surface area contributed by atoms with Crippen molar-refractivity contribution in [2.45, 2.75) is 53.4 Å². The van der Waals surface area contributed by atoms with Crippen molar-refractivity contribution in [1.29, 1.82) is 0 Å². The molecule has 0 aliphatic rings. The average Bonchev–Trinajstić information content (AvgIpc) is 2.42. The Balaban J connectivity index is 2.43. The van der Waals surface area contributed by atoms with Gasteiger partial charge in [-0.15, -0.1) is 0 Å². The van der Waals surface area contributed by atoms with Crippen LogP contribution >= 0.6 is 12.2 Å². The first kappa shape index (κ1) is 17.0. The normalized spacial score (nSPS) is 12.0. The molecule has 1 unspecified atom stereocenters. The van der Waals surface area contributed by atoms with Crippen molar-refractivity contribution >= 4 is 23.0 Å². The van der Waals surface area contributed by atoms with Gasteiger partial charge >= 0.3 is 0 Å². The minimum Gasteiger partial charge on any atom is -0.362 e. The molecule has 0 heterocycles. The van der Waals surface area contributed by atoms with E-state index >= 15 is 0 Å². The molecule has 1 atom stereocenters. The molecule has 1 aromatic carbocycles. The number of anilines is 1. The molecule has 1 aromatic rings. The van der Waals surface area contributed by atoms with Crippen LogP contribution < -0.4 is 10.6 Å². The predicted molar refractivity (Wildman–Crippen MR) is 93.4 cm³/mol. The van der Waals surface area contributed by atoms with Crippen molar-refractivity contribution in [2.24, 2.45) is 5.92 Å². The maximum absolute atomic E-state index is 5.39. The number of hydrogen-bond acceptors (Lipinski definition) is 1. The van der Waals surface area contributed by atoms with Gasteiger partial charge in [0.25, 0.3) is 0 Å². The van der Waals surface area contributed by atoms with E-state index in [2.05, 4.69) is 56.5 Å². The lowest BCUT2D eigenvalue weighted by Gasteiger charge is -2.18. The Bertz CT molecular complexity index is 429. The van der Waals surface area contributed by atoms with E-state index in [0.29, 0.717) is 5.92 Å². The van der Waals surface area contributed by atoms with Gasteiger partial charge in [0.2, 0.25) is 0 Å². The first-order chi connectivity index (χ1) is 9.56. The van der Waals surface area contributed by atoms with Gasteiger partial charge in [-0.3, -0.25) is 0 Å². The molecule has 0 aliphatic carbocycles. The molecule has 0 radical (unpaired) electrons. The van der Waals surface area contributed by atoms with E-state index in [-0.39, 0.29) is 0 Å². The molecule has 0 spiro atoms. The van der Waals surface area contributed by atoms with Crippen molar-refractivity contribution < 1.29 is 0 Å². The molecule has 0 fully saturated rings. The zero-order valence-corrected chi connectivity index (χ0v) is 14.1. The summed E-state index contributed by atoms with van der Waals surface area (Å²) >= 11 is 5.39. The number of unbranched alkanes of at least 4 members (excludes halogenated alkanes) is 1. The molecular formula is C17H28N2S.